The van der Waals surface area contributed by atoms with Crippen molar-refractivity contribution in [1.82, 2.24) is 4.98 Å². The molecule has 5 nitrogen and oxygen atoms in total. The number of primary amides is 1. The summed E-state index contributed by atoms with van der Waals surface area (Å²) in [4.78, 5) is 15.0. The molecule has 0 saturated carbocycles. The molecule has 2 rings (SSSR count). The molecule has 0 unspecified atom stereocenters. The Morgan fingerprint density at radius 2 is 2.06 bits per heavy atom. The number of amides is 1. The number of nitrogens with zero attached hydrogens (tertiary/aromatic N) is 1. The van der Waals surface area contributed by atoms with Gasteiger partial charge in [0.1, 0.15) is 11.4 Å². The first-order valence-corrected chi connectivity index (χ1v) is 5.85. The van der Waals surface area contributed by atoms with Gasteiger partial charge in [-0.1, -0.05) is 22.0 Å². The topological polar surface area (TPSA) is 91.2 Å². The quantitative estimate of drug-likeness (QED) is 0.910. The van der Waals surface area contributed by atoms with Gasteiger partial charge >= 0.3 is 0 Å². The van der Waals surface area contributed by atoms with Gasteiger partial charge in [-0.15, -0.1) is 0 Å². The van der Waals surface area contributed by atoms with Gasteiger partial charge in [-0.05, 0) is 30.3 Å². The number of halogens is 1. The molecule has 0 aliphatic heterocycles. The molecule has 2 aromatic rings. The fraction of sp³-hybridized carbons (Fsp3) is 0. The number of pyridine rings is 1. The minimum Gasteiger partial charge on any atom is -0.437 e. The molecule has 0 aliphatic rings. The van der Waals surface area contributed by atoms with Crippen LogP contribution in [0.15, 0.2) is 40.9 Å². The van der Waals surface area contributed by atoms with Gasteiger partial charge in [-0.25, -0.2) is 4.98 Å². The zero-order valence-electron chi connectivity index (χ0n) is 9.26. The predicted molar refractivity (Wildman–Crippen MR) is 71.4 cm³/mol. The van der Waals surface area contributed by atoms with Crippen molar-refractivity contribution in [3.63, 3.8) is 0 Å². The zero-order chi connectivity index (χ0) is 13.1. The van der Waals surface area contributed by atoms with E-state index in [9.17, 15) is 4.79 Å². The summed E-state index contributed by atoms with van der Waals surface area (Å²) in [5.74, 6) is 0.0867. The number of aromatic nitrogens is 1. The first kappa shape index (κ1) is 12.4. The monoisotopic (exact) mass is 307 g/mol. The summed E-state index contributed by atoms with van der Waals surface area (Å²) in [5.41, 5.74) is 11.3. The number of anilines is 1. The van der Waals surface area contributed by atoms with Crippen LogP contribution in [0.3, 0.4) is 0 Å². The van der Waals surface area contributed by atoms with E-state index in [0.29, 0.717) is 11.4 Å². The lowest BCUT2D eigenvalue weighted by molar-refractivity contribution is 0.0995. The van der Waals surface area contributed by atoms with Crippen LogP contribution in [0.5, 0.6) is 11.6 Å². The average molecular weight is 308 g/mol. The molecule has 0 atom stereocenters. The van der Waals surface area contributed by atoms with E-state index < -0.39 is 5.91 Å². The first-order chi connectivity index (χ1) is 8.56. The SMILES string of the molecule is NC(=O)c1ccc(N)c(Oc2cccc(Br)c2)n1. The lowest BCUT2D eigenvalue weighted by atomic mass is 10.3. The zero-order valence-corrected chi connectivity index (χ0v) is 10.8. The third-order valence-corrected chi connectivity index (χ3v) is 2.65. The van der Waals surface area contributed by atoms with Crippen molar-refractivity contribution in [2.24, 2.45) is 5.73 Å². The van der Waals surface area contributed by atoms with Gasteiger partial charge in [0.2, 0.25) is 5.88 Å². The highest BCUT2D eigenvalue weighted by atomic mass is 79.9. The predicted octanol–water partition coefficient (Wildman–Crippen LogP) is 2.32. The molecule has 0 saturated heterocycles. The van der Waals surface area contributed by atoms with Gasteiger partial charge in [0.15, 0.2) is 0 Å². The van der Waals surface area contributed by atoms with E-state index in [1.54, 1.807) is 12.1 Å². The highest BCUT2D eigenvalue weighted by Gasteiger charge is 2.09. The van der Waals surface area contributed by atoms with E-state index in [1.807, 2.05) is 12.1 Å². The van der Waals surface area contributed by atoms with Crippen molar-refractivity contribution < 1.29 is 9.53 Å². The van der Waals surface area contributed by atoms with Crippen molar-refractivity contribution in [2.75, 3.05) is 5.73 Å². The van der Waals surface area contributed by atoms with Gasteiger partial charge in [0.05, 0.1) is 5.69 Å². The van der Waals surface area contributed by atoms with Crippen LogP contribution in [0.2, 0.25) is 0 Å². The lowest BCUT2D eigenvalue weighted by Crippen LogP contribution is -2.13. The highest BCUT2D eigenvalue weighted by Crippen LogP contribution is 2.27. The summed E-state index contributed by atoms with van der Waals surface area (Å²) >= 11 is 3.33. The molecule has 92 valence electrons. The molecule has 18 heavy (non-hydrogen) atoms. The number of hydrogen-bond acceptors (Lipinski definition) is 4. The van der Waals surface area contributed by atoms with Crippen LogP contribution in [-0.2, 0) is 0 Å². The number of carbonyl (C=O) groups is 1. The molecule has 1 aromatic carbocycles. The second-order valence-corrected chi connectivity index (χ2v) is 4.43. The second kappa shape index (κ2) is 5.05. The Morgan fingerprint density at radius 3 is 2.72 bits per heavy atom. The van der Waals surface area contributed by atoms with E-state index >= 15 is 0 Å². The van der Waals surface area contributed by atoms with Crippen LogP contribution in [0, 0.1) is 0 Å². The van der Waals surface area contributed by atoms with Crippen LogP contribution in [-0.4, -0.2) is 10.9 Å². The minimum absolute atomic E-state index is 0.106. The number of nitrogen functional groups attached to an aromatic ring is 1. The Bertz CT molecular complexity index is 602. The number of nitrogens with two attached hydrogens (primary N) is 2. The van der Waals surface area contributed by atoms with Crippen molar-refractivity contribution in [2.45, 2.75) is 0 Å². The average Bonchev–Trinajstić information content (AvgIpc) is 2.31. The maximum absolute atomic E-state index is 11.0. The highest BCUT2D eigenvalue weighted by molar-refractivity contribution is 9.10. The third kappa shape index (κ3) is 2.78. The summed E-state index contributed by atoms with van der Waals surface area (Å²) in [5, 5.41) is 0. The normalized spacial score (nSPS) is 10.1. The molecule has 0 fully saturated rings. The number of hydrogen-bond donors (Lipinski definition) is 2. The molecule has 6 heteroatoms. The molecular formula is C12H10BrN3O2. The molecule has 1 heterocycles. The van der Waals surface area contributed by atoms with Crippen molar-refractivity contribution in [1.29, 1.82) is 0 Å². The lowest BCUT2D eigenvalue weighted by Gasteiger charge is -2.08. The fourth-order valence-corrected chi connectivity index (χ4v) is 1.69. The van der Waals surface area contributed by atoms with Crippen molar-refractivity contribution in [3.05, 3.63) is 46.6 Å². The van der Waals surface area contributed by atoms with Gasteiger partial charge < -0.3 is 16.2 Å². The molecule has 0 spiro atoms. The van der Waals surface area contributed by atoms with E-state index in [0.717, 1.165) is 4.47 Å². The largest absolute Gasteiger partial charge is 0.437 e. The number of benzene rings is 1. The Kier molecular flexibility index (Phi) is 3.47. The minimum atomic E-state index is -0.630. The summed E-state index contributed by atoms with van der Waals surface area (Å²) in [6, 6.07) is 10.2. The van der Waals surface area contributed by atoms with Crippen LogP contribution >= 0.6 is 15.9 Å². The third-order valence-electron chi connectivity index (χ3n) is 2.15. The Balaban J connectivity index is 2.33. The molecule has 1 aromatic heterocycles. The summed E-state index contributed by atoms with van der Waals surface area (Å²) < 4.78 is 6.37. The molecule has 4 N–H and O–H groups in total. The van der Waals surface area contributed by atoms with Crippen LogP contribution in [0.4, 0.5) is 5.69 Å². The maximum Gasteiger partial charge on any atom is 0.267 e. The van der Waals surface area contributed by atoms with E-state index in [-0.39, 0.29) is 11.6 Å². The van der Waals surface area contributed by atoms with Crippen molar-refractivity contribution in [3.8, 4) is 11.6 Å². The molecule has 1 amide bonds. The fourth-order valence-electron chi connectivity index (χ4n) is 1.31. The van der Waals surface area contributed by atoms with Gasteiger partial charge in [0, 0.05) is 4.47 Å². The smallest absolute Gasteiger partial charge is 0.267 e. The van der Waals surface area contributed by atoms with Gasteiger partial charge in [-0.2, -0.15) is 0 Å². The molecule has 0 radical (unpaired) electrons. The maximum atomic E-state index is 11.0. The van der Waals surface area contributed by atoms with Crippen LogP contribution < -0.4 is 16.2 Å². The summed E-state index contributed by atoms with van der Waals surface area (Å²) in [6.45, 7) is 0. The van der Waals surface area contributed by atoms with Crippen molar-refractivity contribution >= 4 is 27.5 Å². The molecule has 0 aliphatic carbocycles. The Hall–Kier alpha value is -2.08. The molecular weight excluding hydrogens is 298 g/mol. The Morgan fingerprint density at radius 1 is 1.28 bits per heavy atom. The number of carbonyl (C=O) groups excluding carboxylic acids is 1. The summed E-state index contributed by atoms with van der Waals surface area (Å²) in [7, 11) is 0. The molecule has 0 bridgehead atoms. The standard InChI is InChI=1S/C12H10BrN3O2/c13-7-2-1-3-8(6-7)18-12-9(14)4-5-10(16-12)11(15)17/h1-6H,14H2,(H2,15,17). The van der Waals surface area contributed by atoms with E-state index in [1.165, 1.54) is 12.1 Å². The summed E-state index contributed by atoms with van der Waals surface area (Å²) in [6.07, 6.45) is 0. The van der Waals surface area contributed by atoms with E-state index in [2.05, 4.69) is 20.9 Å². The second-order valence-electron chi connectivity index (χ2n) is 3.51. The van der Waals surface area contributed by atoms with Crippen LogP contribution in [0.25, 0.3) is 0 Å². The van der Waals surface area contributed by atoms with Gasteiger partial charge in [0.25, 0.3) is 5.91 Å². The number of rotatable bonds is 3. The first-order valence-electron chi connectivity index (χ1n) is 5.06. The van der Waals surface area contributed by atoms with E-state index in [4.69, 9.17) is 16.2 Å². The van der Waals surface area contributed by atoms with Gasteiger partial charge in [-0.3, -0.25) is 4.79 Å². The Labute approximate surface area is 112 Å². The number of ether oxygens (including phenoxy) is 1. The van der Waals surface area contributed by atoms with Crippen LogP contribution in [0.1, 0.15) is 10.5 Å².